The minimum atomic E-state index is -0.177. The molecule has 1 aromatic carbocycles. The summed E-state index contributed by atoms with van der Waals surface area (Å²) in [5, 5.41) is 0. The smallest absolute Gasteiger partial charge is 0.233 e. The standard InChI is InChI=1S/C21H21N3O/c1-2-24-18-10-6-9-17(18)19(21(24)25)20-22-13-16(14-23-20)12-11-15-7-4-3-5-8-15/h3-5,7-8,13-14,17-19H,2,6,9-10H2,1H3. The van der Waals surface area contributed by atoms with Gasteiger partial charge in [-0.15, -0.1) is 0 Å². The van der Waals surface area contributed by atoms with Gasteiger partial charge < -0.3 is 4.90 Å². The van der Waals surface area contributed by atoms with Crippen LogP contribution in [0, 0.1) is 17.8 Å². The highest BCUT2D eigenvalue weighted by atomic mass is 16.2. The van der Waals surface area contributed by atoms with Gasteiger partial charge in [0.25, 0.3) is 0 Å². The summed E-state index contributed by atoms with van der Waals surface area (Å²) >= 11 is 0. The molecule has 1 saturated heterocycles. The van der Waals surface area contributed by atoms with Crippen LogP contribution < -0.4 is 0 Å². The number of carbonyl (C=O) groups is 1. The number of hydrogen-bond donors (Lipinski definition) is 0. The van der Waals surface area contributed by atoms with Gasteiger partial charge >= 0.3 is 0 Å². The lowest BCUT2D eigenvalue weighted by Crippen LogP contribution is -2.33. The number of carbonyl (C=O) groups excluding carboxylic acids is 1. The highest BCUT2D eigenvalue weighted by Gasteiger charge is 2.51. The third kappa shape index (κ3) is 2.91. The zero-order valence-corrected chi connectivity index (χ0v) is 14.4. The first-order valence-corrected chi connectivity index (χ1v) is 8.97. The molecule has 2 aliphatic rings. The molecule has 4 heteroatoms. The number of rotatable bonds is 2. The lowest BCUT2D eigenvalue weighted by Gasteiger charge is -2.21. The predicted octanol–water partition coefficient (Wildman–Crippen LogP) is 2.99. The quantitative estimate of drug-likeness (QED) is 0.795. The Morgan fingerprint density at radius 3 is 2.52 bits per heavy atom. The Kier molecular flexibility index (Phi) is 4.23. The summed E-state index contributed by atoms with van der Waals surface area (Å²) in [6, 6.07) is 10.2. The highest BCUT2D eigenvalue weighted by Crippen LogP contribution is 2.45. The number of amides is 1. The van der Waals surface area contributed by atoms with Crippen LogP contribution in [0.1, 0.15) is 49.1 Å². The molecule has 0 radical (unpaired) electrons. The SMILES string of the molecule is CCN1C(=O)C(c2ncc(C#Cc3ccccc3)cn2)C2CCCC21. The van der Waals surface area contributed by atoms with Gasteiger partial charge in [-0.2, -0.15) is 0 Å². The molecular weight excluding hydrogens is 310 g/mol. The van der Waals surface area contributed by atoms with Gasteiger partial charge in [0.1, 0.15) is 11.7 Å². The lowest BCUT2D eigenvalue weighted by atomic mass is 9.91. The summed E-state index contributed by atoms with van der Waals surface area (Å²) in [5.41, 5.74) is 1.73. The van der Waals surface area contributed by atoms with E-state index in [-0.39, 0.29) is 11.8 Å². The van der Waals surface area contributed by atoms with Gasteiger partial charge in [-0.25, -0.2) is 9.97 Å². The molecule has 2 fully saturated rings. The number of hydrogen-bond acceptors (Lipinski definition) is 3. The van der Waals surface area contributed by atoms with Crippen molar-refractivity contribution in [3.8, 4) is 11.8 Å². The maximum absolute atomic E-state index is 12.8. The Bertz CT molecular complexity index is 820. The minimum Gasteiger partial charge on any atom is -0.339 e. The van der Waals surface area contributed by atoms with Crippen LogP contribution in [-0.4, -0.2) is 33.4 Å². The van der Waals surface area contributed by atoms with Crippen molar-refractivity contribution in [2.75, 3.05) is 6.54 Å². The van der Waals surface area contributed by atoms with Crippen molar-refractivity contribution in [1.29, 1.82) is 0 Å². The van der Waals surface area contributed by atoms with E-state index in [1.807, 2.05) is 35.2 Å². The molecular formula is C21H21N3O. The average molecular weight is 331 g/mol. The first kappa shape index (κ1) is 15.8. The van der Waals surface area contributed by atoms with Gasteiger partial charge in [0.05, 0.1) is 5.56 Å². The summed E-state index contributed by atoms with van der Waals surface area (Å²) in [5.74, 6) is 7.23. The van der Waals surface area contributed by atoms with Crippen molar-refractivity contribution < 1.29 is 4.79 Å². The third-order valence-electron chi connectivity index (χ3n) is 5.32. The van der Waals surface area contributed by atoms with Gasteiger partial charge in [0.15, 0.2) is 0 Å². The number of benzene rings is 1. The Balaban J connectivity index is 1.56. The summed E-state index contributed by atoms with van der Waals surface area (Å²) in [6.45, 7) is 2.83. The van der Waals surface area contributed by atoms with Gasteiger partial charge in [-0.1, -0.05) is 36.5 Å². The van der Waals surface area contributed by atoms with Crippen LogP contribution >= 0.6 is 0 Å². The molecule has 1 aliphatic carbocycles. The second kappa shape index (κ2) is 6.68. The van der Waals surface area contributed by atoms with Crippen molar-refractivity contribution in [2.24, 2.45) is 5.92 Å². The van der Waals surface area contributed by atoms with Gasteiger partial charge in [-0.3, -0.25) is 4.79 Å². The van der Waals surface area contributed by atoms with Gasteiger partial charge in [-0.05, 0) is 37.8 Å². The predicted molar refractivity (Wildman–Crippen MR) is 95.7 cm³/mol. The maximum atomic E-state index is 12.8. The molecule has 1 amide bonds. The summed E-state index contributed by atoms with van der Waals surface area (Å²) in [7, 11) is 0. The summed E-state index contributed by atoms with van der Waals surface area (Å²) < 4.78 is 0. The Labute approximate surface area is 148 Å². The van der Waals surface area contributed by atoms with E-state index in [0.29, 0.717) is 17.8 Å². The number of likely N-dealkylation sites (tertiary alicyclic amines) is 1. The Hall–Kier alpha value is -2.67. The number of aromatic nitrogens is 2. The molecule has 3 atom stereocenters. The second-order valence-electron chi connectivity index (χ2n) is 6.71. The fraction of sp³-hybridized carbons (Fsp3) is 0.381. The van der Waals surface area contributed by atoms with E-state index in [4.69, 9.17) is 0 Å². The molecule has 1 saturated carbocycles. The highest BCUT2D eigenvalue weighted by molar-refractivity contribution is 5.86. The molecule has 25 heavy (non-hydrogen) atoms. The summed E-state index contributed by atoms with van der Waals surface area (Å²) in [4.78, 5) is 23.8. The molecule has 2 aromatic rings. The molecule has 4 rings (SSSR count). The zero-order chi connectivity index (χ0) is 17.2. The summed E-state index contributed by atoms with van der Waals surface area (Å²) in [6.07, 6.45) is 6.88. The largest absolute Gasteiger partial charge is 0.339 e. The van der Waals surface area contributed by atoms with E-state index < -0.39 is 0 Å². The second-order valence-corrected chi connectivity index (χ2v) is 6.71. The first-order valence-electron chi connectivity index (χ1n) is 8.97. The van der Waals surface area contributed by atoms with Crippen molar-refractivity contribution in [1.82, 2.24) is 14.9 Å². The van der Waals surface area contributed by atoms with Crippen molar-refractivity contribution >= 4 is 5.91 Å². The minimum absolute atomic E-state index is 0.177. The molecule has 126 valence electrons. The van der Waals surface area contributed by atoms with E-state index in [1.54, 1.807) is 12.4 Å². The van der Waals surface area contributed by atoms with Crippen LogP contribution in [0.15, 0.2) is 42.7 Å². The van der Waals surface area contributed by atoms with E-state index in [1.165, 1.54) is 6.42 Å². The molecule has 4 nitrogen and oxygen atoms in total. The van der Waals surface area contributed by atoms with Crippen LogP contribution in [0.2, 0.25) is 0 Å². The van der Waals surface area contributed by atoms with Crippen molar-refractivity contribution in [3.05, 3.63) is 59.7 Å². The molecule has 0 N–H and O–H groups in total. The van der Waals surface area contributed by atoms with Crippen LogP contribution in [-0.2, 0) is 4.79 Å². The number of nitrogens with zero attached hydrogens (tertiary/aromatic N) is 3. The van der Waals surface area contributed by atoms with Crippen LogP contribution in [0.4, 0.5) is 0 Å². The van der Waals surface area contributed by atoms with E-state index >= 15 is 0 Å². The molecule has 3 unspecified atom stereocenters. The fourth-order valence-corrected chi connectivity index (χ4v) is 4.19. The van der Waals surface area contributed by atoms with Gasteiger partial charge in [0, 0.05) is 30.5 Å². The van der Waals surface area contributed by atoms with E-state index in [9.17, 15) is 4.79 Å². The fourth-order valence-electron chi connectivity index (χ4n) is 4.19. The topological polar surface area (TPSA) is 46.1 Å². The monoisotopic (exact) mass is 331 g/mol. The molecule has 1 aromatic heterocycles. The normalized spacial score (nSPS) is 24.8. The van der Waals surface area contributed by atoms with Crippen molar-refractivity contribution in [3.63, 3.8) is 0 Å². The molecule has 2 heterocycles. The van der Waals surface area contributed by atoms with Gasteiger partial charge in [0.2, 0.25) is 5.91 Å². The lowest BCUT2D eigenvalue weighted by molar-refractivity contribution is -0.130. The third-order valence-corrected chi connectivity index (χ3v) is 5.32. The zero-order valence-electron chi connectivity index (χ0n) is 14.4. The first-order chi connectivity index (χ1) is 12.3. The van der Waals surface area contributed by atoms with E-state index in [0.717, 1.165) is 30.5 Å². The molecule has 0 bridgehead atoms. The van der Waals surface area contributed by atoms with Crippen molar-refractivity contribution in [2.45, 2.75) is 38.1 Å². The molecule has 0 spiro atoms. The Morgan fingerprint density at radius 2 is 1.80 bits per heavy atom. The maximum Gasteiger partial charge on any atom is 0.233 e. The number of fused-ring (bicyclic) bond motifs is 1. The molecule has 1 aliphatic heterocycles. The average Bonchev–Trinajstić information content (AvgIpc) is 3.21. The Morgan fingerprint density at radius 1 is 1.08 bits per heavy atom. The number of likely N-dealkylation sites (N-methyl/N-ethyl adjacent to an activating group) is 1. The van der Waals surface area contributed by atoms with E-state index in [2.05, 4.69) is 28.7 Å². The van der Waals surface area contributed by atoms with Crippen LogP contribution in [0.3, 0.4) is 0 Å². The van der Waals surface area contributed by atoms with Crippen LogP contribution in [0.25, 0.3) is 0 Å². The van der Waals surface area contributed by atoms with Crippen LogP contribution in [0.5, 0.6) is 0 Å².